The fraction of sp³-hybridized carbons (Fsp3) is 0.364. The van der Waals surface area contributed by atoms with Crippen molar-refractivity contribution in [1.29, 1.82) is 0 Å². The van der Waals surface area contributed by atoms with Crippen LogP contribution < -0.4 is 5.32 Å². The van der Waals surface area contributed by atoms with E-state index in [-0.39, 0.29) is 11.5 Å². The Balaban J connectivity index is 2.88. The van der Waals surface area contributed by atoms with E-state index in [2.05, 4.69) is 5.32 Å². The quantitative estimate of drug-likeness (QED) is 0.509. The van der Waals surface area contributed by atoms with Gasteiger partial charge in [0.2, 0.25) is 0 Å². The first-order valence-corrected chi connectivity index (χ1v) is 5.77. The van der Waals surface area contributed by atoms with Crippen LogP contribution in [0.15, 0.2) is 18.2 Å². The van der Waals surface area contributed by atoms with Gasteiger partial charge in [-0.05, 0) is 18.1 Å². The molecule has 0 spiro atoms. The summed E-state index contributed by atoms with van der Waals surface area (Å²) in [6, 6.07) is 2.82. The lowest BCUT2D eigenvalue weighted by Gasteiger charge is -2.09. The minimum atomic E-state index is -0.789. The largest absolute Gasteiger partial charge is 0.352 e. The molecule has 0 aliphatic carbocycles. The predicted molar refractivity (Wildman–Crippen MR) is 65.3 cm³/mol. The summed E-state index contributed by atoms with van der Waals surface area (Å²) in [6.07, 6.45) is 0. The third kappa shape index (κ3) is 3.66. The van der Waals surface area contributed by atoms with Gasteiger partial charge >= 0.3 is 0 Å². The van der Waals surface area contributed by atoms with Crippen LogP contribution in [0.4, 0.5) is 10.1 Å². The highest BCUT2D eigenvalue weighted by molar-refractivity contribution is 6.18. The monoisotopic (exact) mass is 274 g/mol. The van der Waals surface area contributed by atoms with Crippen LogP contribution in [0.25, 0.3) is 0 Å². The average Bonchev–Trinajstić information content (AvgIpc) is 2.35. The molecule has 0 bridgehead atoms. The molecular formula is C11H12ClFN2O3. The molecule has 1 amide bonds. The number of nitrogens with one attached hydrogen (secondary N) is 1. The van der Waals surface area contributed by atoms with E-state index < -0.39 is 22.3 Å². The first kappa shape index (κ1) is 14.4. The number of hydrogen-bond acceptors (Lipinski definition) is 3. The van der Waals surface area contributed by atoms with Crippen molar-refractivity contribution in [1.82, 2.24) is 5.32 Å². The van der Waals surface area contributed by atoms with Crippen LogP contribution in [-0.4, -0.2) is 23.3 Å². The third-order valence-electron chi connectivity index (χ3n) is 2.28. The number of halogens is 2. The molecule has 98 valence electrons. The van der Waals surface area contributed by atoms with Gasteiger partial charge in [-0.3, -0.25) is 14.9 Å². The molecule has 1 aromatic rings. The van der Waals surface area contributed by atoms with E-state index >= 15 is 0 Å². The van der Waals surface area contributed by atoms with Crippen molar-refractivity contribution in [2.45, 2.75) is 6.92 Å². The number of amides is 1. The SMILES string of the molecule is CC(CCl)CNC(=O)c1ccc(F)cc1[N+](=O)[O-]. The smallest absolute Gasteiger partial charge is 0.285 e. The number of hydrogen-bond donors (Lipinski definition) is 1. The minimum absolute atomic E-state index is 0.0510. The summed E-state index contributed by atoms with van der Waals surface area (Å²) < 4.78 is 12.9. The number of benzene rings is 1. The highest BCUT2D eigenvalue weighted by Crippen LogP contribution is 2.19. The van der Waals surface area contributed by atoms with Crippen LogP contribution in [0.5, 0.6) is 0 Å². The van der Waals surface area contributed by atoms with Crippen molar-refractivity contribution in [2.24, 2.45) is 5.92 Å². The van der Waals surface area contributed by atoms with E-state index in [9.17, 15) is 19.3 Å². The number of nitro groups is 1. The molecule has 0 aliphatic heterocycles. The summed E-state index contributed by atoms with van der Waals surface area (Å²) in [7, 11) is 0. The van der Waals surface area contributed by atoms with Crippen molar-refractivity contribution >= 4 is 23.2 Å². The van der Waals surface area contributed by atoms with E-state index in [0.29, 0.717) is 12.4 Å². The van der Waals surface area contributed by atoms with Crippen molar-refractivity contribution in [2.75, 3.05) is 12.4 Å². The molecule has 5 nitrogen and oxygen atoms in total. The van der Waals surface area contributed by atoms with Gasteiger partial charge in [-0.15, -0.1) is 11.6 Å². The lowest BCUT2D eigenvalue weighted by Crippen LogP contribution is -2.29. The van der Waals surface area contributed by atoms with Crippen LogP contribution in [0.2, 0.25) is 0 Å². The van der Waals surface area contributed by atoms with Crippen molar-refractivity contribution in [3.63, 3.8) is 0 Å². The number of nitrogens with zero attached hydrogens (tertiary/aromatic N) is 1. The average molecular weight is 275 g/mol. The Morgan fingerprint density at radius 3 is 2.83 bits per heavy atom. The highest BCUT2D eigenvalue weighted by Gasteiger charge is 2.20. The molecule has 0 radical (unpaired) electrons. The van der Waals surface area contributed by atoms with E-state index in [1.807, 2.05) is 6.92 Å². The van der Waals surface area contributed by atoms with Crippen LogP contribution in [0.1, 0.15) is 17.3 Å². The molecule has 1 rings (SSSR count). The summed E-state index contributed by atoms with van der Waals surface area (Å²) in [5.74, 6) is -0.952. The van der Waals surface area contributed by atoms with Gasteiger partial charge in [0.25, 0.3) is 11.6 Å². The molecule has 1 atom stereocenters. The Labute approximate surface area is 108 Å². The maximum absolute atomic E-state index is 12.9. The molecule has 18 heavy (non-hydrogen) atoms. The van der Waals surface area contributed by atoms with Crippen LogP contribution in [-0.2, 0) is 0 Å². The molecule has 1 aromatic carbocycles. The number of nitro benzene ring substituents is 1. The second-order valence-corrected chi connectivity index (χ2v) is 4.20. The standard InChI is InChI=1S/C11H12ClFN2O3/c1-7(5-12)6-14-11(16)9-3-2-8(13)4-10(9)15(17)18/h2-4,7H,5-6H2,1H3,(H,14,16). The molecule has 0 aliphatic rings. The predicted octanol–water partition coefficient (Wildman–Crippen LogP) is 2.34. The molecule has 7 heteroatoms. The van der Waals surface area contributed by atoms with Crippen LogP contribution in [0, 0.1) is 21.8 Å². The molecular weight excluding hydrogens is 263 g/mol. The maximum Gasteiger partial charge on any atom is 0.285 e. The van der Waals surface area contributed by atoms with Gasteiger partial charge in [-0.1, -0.05) is 6.92 Å². The van der Waals surface area contributed by atoms with Gasteiger partial charge in [-0.2, -0.15) is 0 Å². The molecule has 0 fully saturated rings. The first-order valence-electron chi connectivity index (χ1n) is 5.23. The molecule has 1 unspecified atom stereocenters. The Morgan fingerprint density at radius 2 is 2.28 bits per heavy atom. The normalized spacial score (nSPS) is 11.9. The Hall–Kier alpha value is -1.69. The van der Waals surface area contributed by atoms with Crippen molar-refractivity contribution < 1.29 is 14.1 Å². The van der Waals surface area contributed by atoms with Crippen molar-refractivity contribution in [3.8, 4) is 0 Å². The summed E-state index contributed by atoms with van der Waals surface area (Å²) in [5, 5.41) is 13.2. The highest BCUT2D eigenvalue weighted by atomic mass is 35.5. The molecule has 0 saturated heterocycles. The summed E-state index contributed by atoms with van der Waals surface area (Å²) in [5.41, 5.74) is -0.714. The van der Waals surface area contributed by atoms with E-state index in [1.54, 1.807) is 0 Å². The zero-order valence-electron chi connectivity index (χ0n) is 9.65. The minimum Gasteiger partial charge on any atom is -0.352 e. The van der Waals surface area contributed by atoms with Gasteiger partial charge in [-0.25, -0.2) is 4.39 Å². The number of rotatable bonds is 5. The van der Waals surface area contributed by atoms with Crippen LogP contribution >= 0.6 is 11.6 Å². The molecule has 0 heterocycles. The van der Waals surface area contributed by atoms with E-state index in [4.69, 9.17) is 11.6 Å². The van der Waals surface area contributed by atoms with Gasteiger partial charge in [0, 0.05) is 12.4 Å². The maximum atomic E-state index is 12.9. The summed E-state index contributed by atoms with van der Waals surface area (Å²) >= 11 is 5.57. The zero-order valence-corrected chi connectivity index (χ0v) is 10.4. The van der Waals surface area contributed by atoms with Gasteiger partial charge in [0.05, 0.1) is 11.0 Å². The van der Waals surface area contributed by atoms with Crippen LogP contribution in [0.3, 0.4) is 0 Å². The lowest BCUT2D eigenvalue weighted by molar-refractivity contribution is -0.385. The van der Waals surface area contributed by atoms with E-state index in [1.165, 1.54) is 0 Å². The topological polar surface area (TPSA) is 72.2 Å². The summed E-state index contributed by atoms with van der Waals surface area (Å²) in [4.78, 5) is 21.6. The van der Waals surface area contributed by atoms with Crippen molar-refractivity contribution in [3.05, 3.63) is 39.7 Å². The number of carbonyl (C=O) groups excluding carboxylic acids is 1. The van der Waals surface area contributed by atoms with Gasteiger partial charge in [0.1, 0.15) is 11.4 Å². The third-order valence-corrected chi connectivity index (χ3v) is 2.80. The first-order chi connectivity index (χ1) is 8.45. The molecule has 0 saturated carbocycles. The Bertz CT molecular complexity index is 468. The second-order valence-electron chi connectivity index (χ2n) is 3.89. The lowest BCUT2D eigenvalue weighted by atomic mass is 10.1. The number of alkyl halides is 1. The molecule has 0 aromatic heterocycles. The number of carbonyl (C=O) groups is 1. The Kier molecular flexibility index (Phi) is 5.03. The molecule has 1 N–H and O–H groups in total. The van der Waals surface area contributed by atoms with Gasteiger partial charge in [0.15, 0.2) is 0 Å². The Morgan fingerprint density at radius 1 is 1.61 bits per heavy atom. The fourth-order valence-electron chi connectivity index (χ4n) is 1.26. The van der Waals surface area contributed by atoms with Gasteiger partial charge < -0.3 is 5.32 Å². The summed E-state index contributed by atoms with van der Waals surface area (Å²) in [6.45, 7) is 2.13. The fourth-order valence-corrected chi connectivity index (χ4v) is 1.37. The van der Waals surface area contributed by atoms with E-state index in [0.717, 1.165) is 18.2 Å². The second kappa shape index (κ2) is 6.30. The zero-order chi connectivity index (χ0) is 13.7.